The SMILES string of the molecule is CCc1c(C)ccn(CC)c1=S. The molecule has 0 radical (unpaired) electrons. The molecule has 0 spiro atoms. The normalized spacial score (nSPS) is 10.2. The Morgan fingerprint density at radius 3 is 2.58 bits per heavy atom. The van der Waals surface area contributed by atoms with Crippen molar-refractivity contribution in [2.24, 2.45) is 0 Å². The van der Waals surface area contributed by atoms with Crippen molar-refractivity contribution in [1.82, 2.24) is 4.57 Å². The third-order valence-corrected chi connectivity index (χ3v) is 2.67. The Morgan fingerprint density at radius 1 is 1.42 bits per heavy atom. The van der Waals surface area contributed by atoms with Gasteiger partial charge in [-0.1, -0.05) is 19.1 Å². The quantitative estimate of drug-likeness (QED) is 0.635. The van der Waals surface area contributed by atoms with Crippen LogP contribution < -0.4 is 0 Å². The van der Waals surface area contributed by atoms with E-state index in [1.807, 2.05) is 0 Å². The predicted octanol–water partition coefficient (Wildman–Crippen LogP) is 3.11. The molecular formula is C10H15NS. The molecule has 2 heteroatoms. The van der Waals surface area contributed by atoms with Crippen LogP contribution >= 0.6 is 12.2 Å². The van der Waals surface area contributed by atoms with Crippen molar-refractivity contribution in [3.05, 3.63) is 28.0 Å². The Bertz CT molecular complexity index is 325. The largest absolute Gasteiger partial charge is 0.339 e. The second-order valence-corrected chi connectivity index (χ2v) is 3.31. The van der Waals surface area contributed by atoms with E-state index in [-0.39, 0.29) is 0 Å². The van der Waals surface area contributed by atoms with Crippen LogP contribution in [0.4, 0.5) is 0 Å². The van der Waals surface area contributed by atoms with Crippen molar-refractivity contribution in [2.45, 2.75) is 33.7 Å². The predicted molar refractivity (Wildman–Crippen MR) is 55.1 cm³/mol. The maximum absolute atomic E-state index is 5.34. The van der Waals surface area contributed by atoms with Gasteiger partial charge in [0.25, 0.3) is 0 Å². The Hall–Kier alpha value is -0.630. The summed E-state index contributed by atoms with van der Waals surface area (Å²) in [7, 11) is 0. The average molecular weight is 181 g/mol. The molecule has 1 nitrogen and oxygen atoms in total. The molecule has 66 valence electrons. The molecule has 0 fully saturated rings. The van der Waals surface area contributed by atoms with E-state index in [1.165, 1.54) is 11.1 Å². The van der Waals surface area contributed by atoms with Crippen LogP contribution in [0.3, 0.4) is 0 Å². The van der Waals surface area contributed by atoms with E-state index in [1.54, 1.807) is 0 Å². The fourth-order valence-electron chi connectivity index (χ4n) is 1.39. The van der Waals surface area contributed by atoms with E-state index >= 15 is 0 Å². The van der Waals surface area contributed by atoms with Crippen LogP contribution in [-0.4, -0.2) is 4.57 Å². The highest BCUT2D eigenvalue weighted by Crippen LogP contribution is 2.10. The summed E-state index contributed by atoms with van der Waals surface area (Å²) in [5.41, 5.74) is 2.63. The number of hydrogen-bond acceptors (Lipinski definition) is 1. The maximum atomic E-state index is 5.34. The van der Waals surface area contributed by atoms with Crippen LogP contribution in [0, 0.1) is 11.6 Å². The van der Waals surface area contributed by atoms with Crippen molar-refractivity contribution in [1.29, 1.82) is 0 Å². The topological polar surface area (TPSA) is 4.93 Å². The summed E-state index contributed by atoms with van der Waals surface area (Å²) in [5, 5.41) is 0. The molecule has 0 saturated carbocycles. The highest BCUT2D eigenvalue weighted by Gasteiger charge is 1.99. The number of aryl methyl sites for hydroxylation is 2. The van der Waals surface area contributed by atoms with Gasteiger partial charge in [0.15, 0.2) is 0 Å². The Morgan fingerprint density at radius 2 is 2.08 bits per heavy atom. The number of nitrogens with zero attached hydrogens (tertiary/aromatic N) is 1. The number of aromatic nitrogens is 1. The number of rotatable bonds is 2. The lowest BCUT2D eigenvalue weighted by atomic mass is 10.1. The summed E-state index contributed by atoms with van der Waals surface area (Å²) >= 11 is 5.34. The van der Waals surface area contributed by atoms with Gasteiger partial charge in [-0.3, -0.25) is 0 Å². The van der Waals surface area contributed by atoms with Crippen molar-refractivity contribution in [3.8, 4) is 0 Å². The van der Waals surface area contributed by atoms with Gasteiger partial charge in [-0.05, 0) is 37.5 Å². The zero-order valence-corrected chi connectivity index (χ0v) is 8.74. The van der Waals surface area contributed by atoms with Gasteiger partial charge in [0.05, 0.1) is 0 Å². The molecule has 12 heavy (non-hydrogen) atoms. The molecule has 0 amide bonds. The second kappa shape index (κ2) is 3.85. The molecule has 1 rings (SSSR count). The lowest BCUT2D eigenvalue weighted by Crippen LogP contribution is -2.01. The summed E-state index contributed by atoms with van der Waals surface area (Å²) in [4.78, 5) is 0. The van der Waals surface area contributed by atoms with E-state index in [2.05, 4.69) is 37.6 Å². The Kier molecular flexibility index (Phi) is 3.04. The van der Waals surface area contributed by atoms with Crippen LogP contribution in [0.15, 0.2) is 12.3 Å². The van der Waals surface area contributed by atoms with E-state index in [4.69, 9.17) is 12.2 Å². The second-order valence-electron chi connectivity index (χ2n) is 2.92. The highest BCUT2D eigenvalue weighted by molar-refractivity contribution is 7.71. The fourth-order valence-corrected chi connectivity index (χ4v) is 1.89. The molecule has 0 unspecified atom stereocenters. The van der Waals surface area contributed by atoms with Crippen molar-refractivity contribution in [2.75, 3.05) is 0 Å². The molecule has 0 saturated heterocycles. The lowest BCUT2D eigenvalue weighted by molar-refractivity contribution is 0.732. The molecular weight excluding hydrogens is 166 g/mol. The molecule has 0 aliphatic heterocycles. The fraction of sp³-hybridized carbons (Fsp3) is 0.500. The minimum Gasteiger partial charge on any atom is -0.339 e. The van der Waals surface area contributed by atoms with Crippen LogP contribution in [0.5, 0.6) is 0 Å². The first-order valence-electron chi connectivity index (χ1n) is 4.39. The molecule has 0 bridgehead atoms. The molecule has 0 aliphatic carbocycles. The van der Waals surface area contributed by atoms with Gasteiger partial charge in [-0.25, -0.2) is 0 Å². The Balaban J connectivity index is 3.34. The van der Waals surface area contributed by atoms with Gasteiger partial charge < -0.3 is 4.57 Å². The first kappa shape index (κ1) is 9.46. The van der Waals surface area contributed by atoms with Crippen LogP contribution in [-0.2, 0) is 13.0 Å². The number of hydrogen-bond donors (Lipinski definition) is 0. The summed E-state index contributed by atoms with van der Waals surface area (Å²) in [6.45, 7) is 7.35. The molecule has 1 heterocycles. The molecule has 1 aromatic heterocycles. The molecule has 0 aromatic carbocycles. The van der Waals surface area contributed by atoms with Crippen molar-refractivity contribution < 1.29 is 0 Å². The third kappa shape index (κ3) is 1.58. The van der Waals surface area contributed by atoms with Gasteiger partial charge >= 0.3 is 0 Å². The standard InChI is InChI=1S/C10H15NS/c1-4-9-8(3)6-7-11(5-2)10(9)12/h6-7H,4-5H2,1-3H3. The van der Waals surface area contributed by atoms with Crippen LogP contribution in [0.1, 0.15) is 25.0 Å². The monoisotopic (exact) mass is 181 g/mol. The van der Waals surface area contributed by atoms with Crippen molar-refractivity contribution in [3.63, 3.8) is 0 Å². The molecule has 0 aliphatic rings. The zero-order chi connectivity index (χ0) is 9.14. The third-order valence-electron chi connectivity index (χ3n) is 2.19. The minimum absolute atomic E-state index is 0.964. The van der Waals surface area contributed by atoms with Gasteiger partial charge in [0, 0.05) is 12.7 Å². The Labute approximate surface area is 79.0 Å². The van der Waals surface area contributed by atoms with E-state index in [0.29, 0.717) is 0 Å². The van der Waals surface area contributed by atoms with Crippen molar-refractivity contribution >= 4 is 12.2 Å². The first-order valence-corrected chi connectivity index (χ1v) is 4.80. The van der Waals surface area contributed by atoms with E-state index in [9.17, 15) is 0 Å². The smallest absolute Gasteiger partial charge is 0.109 e. The minimum atomic E-state index is 0.964. The van der Waals surface area contributed by atoms with Gasteiger partial charge in [0.1, 0.15) is 4.64 Å². The first-order chi connectivity index (χ1) is 5.70. The highest BCUT2D eigenvalue weighted by atomic mass is 32.1. The average Bonchev–Trinajstić information content (AvgIpc) is 2.06. The lowest BCUT2D eigenvalue weighted by Gasteiger charge is -2.08. The molecule has 0 atom stereocenters. The summed E-state index contributed by atoms with van der Waals surface area (Å²) in [6, 6.07) is 2.14. The van der Waals surface area contributed by atoms with E-state index < -0.39 is 0 Å². The zero-order valence-electron chi connectivity index (χ0n) is 7.92. The maximum Gasteiger partial charge on any atom is 0.109 e. The van der Waals surface area contributed by atoms with E-state index in [0.717, 1.165) is 17.6 Å². The summed E-state index contributed by atoms with van der Waals surface area (Å²) in [5.74, 6) is 0. The van der Waals surface area contributed by atoms with Crippen LogP contribution in [0.25, 0.3) is 0 Å². The van der Waals surface area contributed by atoms with Gasteiger partial charge in [-0.2, -0.15) is 0 Å². The molecule has 0 N–H and O–H groups in total. The summed E-state index contributed by atoms with van der Waals surface area (Å²) in [6.07, 6.45) is 3.10. The van der Waals surface area contributed by atoms with Gasteiger partial charge in [0.2, 0.25) is 0 Å². The summed E-state index contributed by atoms with van der Waals surface area (Å²) < 4.78 is 3.11. The molecule has 1 aromatic rings. The van der Waals surface area contributed by atoms with Gasteiger partial charge in [-0.15, -0.1) is 0 Å². The number of pyridine rings is 1. The van der Waals surface area contributed by atoms with Crippen LogP contribution in [0.2, 0.25) is 0 Å².